The van der Waals surface area contributed by atoms with Crippen molar-refractivity contribution < 1.29 is 19.6 Å². The van der Waals surface area contributed by atoms with Crippen LogP contribution < -0.4 is 0 Å². The van der Waals surface area contributed by atoms with Gasteiger partial charge in [-0.1, -0.05) is 5.10 Å². The average Bonchev–Trinajstić information content (AvgIpc) is 2.79. The molecule has 0 saturated carbocycles. The number of nitro groups is 1. The maximum atomic E-state index is 11.4. The first-order valence-corrected chi connectivity index (χ1v) is 5.07. The van der Waals surface area contributed by atoms with Gasteiger partial charge in [0.05, 0.1) is 11.8 Å². The van der Waals surface area contributed by atoms with Gasteiger partial charge in [0.25, 0.3) is 0 Å². The summed E-state index contributed by atoms with van der Waals surface area (Å²) in [5.74, 6) is -1.43. The van der Waals surface area contributed by atoms with Gasteiger partial charge in [-0.05, 0) is 17.8 Å². The lowest BCUT2D eigenvalue weighted by molar-refractivity contribution is -0.390. The van der Waals surface area contributed by atoms with Gasteiger partial charge >= 0.3 is 11.8 Å². The third-order valence-electron chi connectivity index (χ3n) is 3.07. The molecule has 1 saturated heterocycles. The molecule has 1 aromatic heterocycles. The van der Waals surface area contributed by atoms with Crippen LogP contribution in [-0.2, 0) is 14.9 Å². The summed E-state index contributed by atoms with van der Waals surface area (Å²) < 4.78 is 5.11. The van der Waals surface area contributed by atoms with Crippen LogP contribution in [0.3, 0.4) is 0 Å². The monoisotopic (exact) mass is 241 g/mol. The zero-order chi connectivity index (χ0) is 12.5. The fourth-order valence-corrected chi connectivity index (χ4v) is 2.09. The third-order valence-corrected chi connectivity index (χ3v) is 3.07. The van der Waals surface area contributed by atoms with Crippen LogP contribution in [0.2, 0.25) is 0 Å². The van der Waals surface area contributed by atoms with E-state index in [1.807, 2.05) is 0 Å². The molecule has 0 radical (unpaired) electrons. The maximum absolute atomic E-state index is 11.4. The summed E-state index contributed by atoms with van der Waals surface area (Å²) in [6.45, 7) is 0.545. The number of H-pyrrole nitrogens is 1. The number of carboxylic acids is 1. The van der Waals surface area contributed by atoms with E-state index in [2.05, 4.69) is 10.2 Å². The highest BCUT2D eigenvalue weighted by Crippen LogP contribution is 2.38. The Labute approximate surface area is 95.7 Å². The summed E-state index contributed by atoms with van der Waals surface area (Å²) >= 11 is 0. The van der Waals surface area contributed by atoms with Crippen molar-refractivity contribution in [2.24, 2.45) is 0 Å². The highest BCUT2D eigenvalue weighted by molar-refractivity contribution is 5.82. The summed E-state index contributed by atoms with van der Waals surface area (Å²) in [6, 6.07) is 0. The molecule has 0 bridgehead atoms. The van der Waals surface area contributed by atoms with Crippen molar-refractivity contribution in [3.63, 3.8) is 0 Å². The summed E-state index contributed by atoms with van der Waals surface area (Å²) in [6.07, 6.45) is 1.64. The van der Waals surface area contributed by atoms with Gasteiger partial charge in [0, 0.05) is 13.2 Å². The van der Waals surface area contributed by atoms with E-state index in [-0.39, 0.29) is 37.4 Å². The number of aliphatic carboxylic acids is 1. The molecule has 92 valence electrons. The Bertz CT molecular complexity index is 449. The predicted octanol–water partition coefficient (Wildman–Crippen LogP) is 0.451. The SMILES string of the molecule is O=C(O)C1(c2cn[nH]c2[N+](=O)[O-])CCOCC1. The van der Waals surface area contributed by atoms with Crippen molar-refractivity contribution in [2.45, 2.75) is 18.3 Å². The fraction of sp³-hybridized carbons (Fsp3) is 0.556. The number of carboxylic acid groups (broad SMARTS) is 1. The van der Waals surface area contributed by atoms with E-state index < -0.39 is 16.3 Å². The Balaban J connectivity index is 2.49. The quantitative estimate of drug-likeness (QED) is 0.585. The molecule has 0 atom stereocenters. The molecular formula is C9H11N3O5. The van der Waals surface area contributed by atoms with Crippen molar-refractivity contribution in [1.82, 2.24) is 10.2 Å². The molecule has 2 N–H and O–H groups in total. The molecule has 0 amide bonds. The molecule has 1 aliphatic rings. The molecular weight excluding hydrogens is 230 g/mol. The molecule has 8 nitrogen and oxygen atoms in total. The molecule has 0 unspecified atom stereocenters. The number of hydrogen-bond acceptors (Lipinski definition) is 5. The smallest absolute Gasteiger partial charge is 0.346 e. The van der Waals surface area contributed by atoms with Crippen LogP contribution in [0, 0.1) is 10.1 Å². The van der Waals surface area contributed by atoms with Crippen LogP contribution in [0.5, 0.6) is 0 Å². The van der Waals surface area contributed by atoms with E-state index in [9.17, 15) is 20.0 Å². The molecule has 0 spiro atoms. The van der Waals surface area contributed by atoms with E-state index in [0.29, 0.717) is 0 Å². The molecule has 0 aliphatic carbocycles. The van der Waals surface area contributed by atoms with E-state index >= 15 is 0 Å². The van der Waals surface area contributed by atoms with Gasteiger partial charge in [-0.25, -0.2) is 0 Å². The molecule has 0 aromatic carbocycles. The van der Waals surface area contributed by atoms with Gasteiger partial charge in [0.2, 0.25) is 0 Å². The van der Waals surface area contributed by atoms with Crippen molar-refractivity contribution >= 4 is 11.8 Å². The highest BCUT2D eigenvalue weighted by Gasteiger charge is 2.47. The first-order valence-electron chi connectivity index (χ1n) is 5.07. The molecule has 17 heavy (non-hydrogen) atoms. The largest absolute Gasteiger partial charge is 0.481 e. The standard InChI is InChI=1S/C9H11N3O5/c13-8(14)9(1-3-17-4-2-9)6-5-10-11-7(6)12(15)16/h5H,1-4H2,(H,10,11)(H,13,14). The van der Waals surface area contributed by atoms with Crippen LogP contribution >= 0.6 is 0 Å². The Kier molecular flexibility index (Phi) is 2.80. The minimum absolute atomic E-state index is 0.123. The maximum Gasteiger partial charge on any atom is 0.346 e. The van der Waals surface area contributed by atoms with Gasteiger partial charge in [-0.15, -0.1) is 5.10 Å². The molecule has 1 aromatic rings. The molecule has 1 aliphatic heterocycles. The number of aromatic amines is 1. The summed E-state index contributed by atoms with van der Waals surface area (Å²) in [7, 11) is 0. The van der Waals surface area contributed by atoms with E-state index in [1.165, 1.54) is 6.20 Å². The van der Waals surface area contributed by atoms with Crippen molar-refractivity contribution in [3.05, 3.63) is 21.9 Å². The Morgan fingerprint density at radius 2 is 2.24 bits per heavy atom. The molecule has 2 heterocycles. The van der Waals surface area contributed by atoms with Crippen LogP contribution in [-0.4, -0.2) is 39.4 Å². The van der Waals surface area contributed by atoms with E-state index in [4.69, 9.17) is 4.74 Å². The highest BCUT2D eigenvalue weighted by atomic mass is 16.6. The summed E-state index contributed by atoms with van der Waals surface area (Å²) in [5, 5.41) is 26.0. The zero-order valence-corrected chi connectivity index (χ0v) is 8.88. The van der Waals surface area contributed by atoms with E-state index in [0.717, 1.165) is 0 Å². The van der Waals surface area contributed by atoms with Gasteiger partial charge in [0.1, 0.15) is 5.41 Å². The summed E-state index contributed by atoms with van der Waals surface area (Å²) in [4.78, 5) is 21.6. The topological polar surface area (TPSA) is 118 Å². The van der Waals surface area contributed by atoms with Gasteiger partial charge in [0.15, 0.2) is 0 Å². The number of aromatic nitrogens is 2. The van der Waals surface area contributed by atoms with Crippen LogP contribution in [0.15, 0.2) is 6.20 Å². The second kappa shape index (κ2) is 4.13. The lowest BCUT2D eigenvalue weighted by atomic mass is 9.75. The number of ether oxygens (including phenoxy) is 1. The fourth-order valence-electron chi connectivity index (χ4n) is 2.09. The first kappa shape index (κ1) is 11.5. The minimum Gasteiger partial charge on any atom is -0.481 e. The summed E-state index contributed by atoms with van der Waals surface area (Å²) in [5.41, 5.74) is -1.15. The minimum atomic E-state index is -1.27. The van der Waals surface area contributed by atoms with Crippen LogP contribution in [0.1, 0.15) is 18.4 Å². The van der Waals surface area contributed by atoms with Crippen molar-refractivity contribution in [1.29, 1.82) is 0 Å². The molecule has 1 fully saturated rings. The van der Waals surface area contributed by atoms with Gasteiger partial charge < -0.3 is 20.0 Å². The van der Waals surface area contributed by atoms with Crippen molar-refractivity contribution in [2.75, 3.05) is 13.2 Å². The van der Waals surface area contributed by atoms with Gasteiger partial charge in [-0.3, -0.25) is 4.79 Å². The Morgan fingerprint density at radius 1 is 1.59 bits per heavy atom. The molecule has 8 heteroatoms. The molecule has 2 rings (SSSR count). The number of hydrogen-bond donors (Lipinski definition) is 2. The van der Waals surface area contributed by atoms with E-state index in [1.54, 1.807) is 0 Å². The number of carbonyl (C=O) groups is 1. The predicted molar refractivity (Wildman–Crippen MR) is 54.6 cm³/mol. The van der Waals surface area contributed by atoms with Crippen LogP contribution in [0.25, 0.3) is 0 Å². The normalized spacial score (nSPS) is 18.8. The average molecular weight is 241 g/mol. The second-order valence-electron chi connectivity index (χ2n) is 3.89. The lowest BCUT2D eigenvalue weighted by Gasteiger charge is -2.31. The lowest BCUT2D eigenvalue weighted by Crippen LogP contribution is -2.41. The van der Waals surface area contributed by atoms with Gasteiger partial charge in [-0.2, -0.15) is 0 Å². The van der Waals surface area contributed by atoms with Crippen molar-refractivity contribution in [3.8, 4) is 0 Å². The first-order chi connectivity index (χ1) is 8.08. The number of rotatable bonds is 3. The zero-order valence-electron chi connectivity index (χ0n) is 8.88. The third kappa shape index (κ3) is 1.76. The van der Waals surface area contributed by atoms with Crippen LogP contribution in [0.4, 0.5) is 5.82 Å². The number of nitrogens with one attached hydrogen (secondary N) is 1. The Morgan fingerprint density at radius 3 is 2.76 bits per heavy atom. The second-order valence-corrected chi connectivity index (χ2v) is 3.89. The number of nitrogens with zero attached hydrogens (tertiary/aromatic N) is 2. The Hall–Kier alpha value is -1.96.